The first kappa shape index (κ1) is 15.0. The summed E-state index contributed by atoms with van der Waals surface area (Å²) in [5, 5.41) is 8.06. The standard InChI is InChI=1S/C15H18ClN5O/c16-13-4-2-1-3-12(13)14-9-17-6-8-21(14)15(22)5-7-20-11-18-10-19-20/h1-4,10-11,14,17H,5-9H2. The van der Waals surface area contributed by atoms with Gasteiger partial charge in [0.15, 0.2) is 0 Å². The maximum atomic E-state index is 12.6. The van der Waals surface area contributed by atoms with E-state index < -0.39 is 0 Å². The second kappa shape index (κ2) is 6.89. The number of carbonyl (C=O) groups excluding carboxylic acids is 1. The van der Waals surface area contributed by atoms with Gasteiger partial charge in [-0.05, 0) is 11.6 Å². The number of nitrogens with one attached hydrogen (secondary N) is 1. The van der Waals surface area contributed by atoms with Crippen LogP contribution in [-0.2, 0) is 11.3 Å². The van der Waals surface area contributed by atoms with Crippen LogP contribution in [0.3, 0.4) is 0 Å². The van der Waals surface area contributed by atoms with Crippen molar-refractivity contribution in [3.63, 3.8) is 0 Å². The molecule has 7 heteroatoms. The predicted molar refractivity (Wildman–Crippen MR) is 83.4 cm³/mol. The quantitative estimate of drug-likeness (QED) is 0.927. The first-order valence-corrected chi connectivity index (χ1v) is 7.70. The molecule has 1 amide bonds. The Labute approximate surface area is 134 Å². The summed E-state index contributed by atoms with van der Waals surface area (Å²) in [7, 11) is 0. The first-order valence-electron chi connectivity index (χ1n) is 7.33. The molecule has 3 rings (SSSR count). The Balaban J connectivity index is 1.72. The number of nitrogens with zero attached hydrogens (tertiary/aromatic N) is 4. The Morgan fingerprint density at radius 2 is 2.27 bits per heavy atom. The SMILES string of the molecule is O=C(CCn1cncn1)N1CCNCC1c1ccccc1Cl. The van der Waals surface area contributed by atoms with Crippen LogP contribution in [0.15, 0.2) is 36.9 Å². The van der Waals surface area contributed by atoms with Crippen molar-refractivity contribution in [2.75, 3.05) is 19.6 Å². The lowest BCUT2D eigenvalue weighted by Gasteiger charge is -2.37. The fourth-order valence-electron chi connectivity index (χ4n) is 2.73. The highest BCUT2D eigenvalue weighted by molar-refractivity contribution is 6.31. The van der Waals surface area contributed by atoms with Crippen LogP contribution in [0.5, 0.6) is 0 Å². The molecule has 0 bridgehead atoms. The van der Waals surface area contributed by atoms with E-state index in [4.69, 9.17) is 11.6 Å². The lowest BCUT2D eigenvalue weighted by Crippen LogP contribution is -2.49. The third-order valence-corrected chi connectivity index (χ3v) is 4.19. The van der Waals surface area contributed by atoms with Gasteiger partial charge in [0.1, 0.15) is 12.7 Å². The van der Waals surface area contributed by atoms with E-state index in [2.05, 4.69) is 15.4 Å². The van der Waals surface area contributed by atoms with Crippen LogP contribution >= 0.6 is 11.6 Å². The number of piperazine rings is 1. The van der Waals surface area contributed by atoms with E-state index in [-0.39, 0.29) is 11.9 Å². The summed E-state index contributed by atoms with van der Waals surface area (Å²) in [4.78, 5) is 18.4. The fraction of sp³-hybridized carbons (Fsp3) is 0.400. The van der Waals surface area contributed by atoms with Crippen molar-refractivity contribution in [3.05, 3.63) is 47.5 Å². The van der Waals surface area contributed by atoms with Crippen LogP contribution in [-0.4, -0.2) is 45.2 Å². The molecule has 2 heterocycles. The molecule has 0 radical (unpaired) electrons. The highest BCUT2D eigenvalue weighted by atomic mass is 35.5. The maximum absolute atomic E-state index is 12.6. The number of benzene rings is 1. The summed E-state index contributed by atoms with van der Waals surface area (Å²) in [6.07, 6.45) is 3.50. The zero-order valence-corrected chi connectivity index (χ0v) is 12.9. The summed E-state index contributed by atoms with van der Waals surface area (Å²) in [5.41, 5.74) is 0.991. The molecule has 0 spiro atoms. The van der Waals surface area contributed by atoms with Gasteiger partial charge in [-0.2, -0.15) is 5.10 Å². The molecule has 1 aromatic heterocycles. The zero-order valence-electron chi connectivity index (χ0n) is 12.2. The number of hydrogen-bond acceptors (Lipinski definition) is 4. The van der Waals surface area contributed by atoms with Gasteiger partial charge in [-0.15, -0.1) is 0 Å². The predicted octanol–water partition coefficient (Wildman–Crippen LogP) is 1.49. The fourth-order valence-corrected chi connectivity index (χ4v) is 2.99. The molecule has 1 aromatic carbocycles. The largest absolute Gasteiger partial charge is 0.333 e. The average Bonchev–Trinajstić information content (AvgIpc) is 3.06. The zero-order chi connectivity index (χ0) is 15.4. The Bertz CT molecular complexity index is 631. The summed E-state index contributed by atoms with van der Waals surface area (Å²) in [6.45, 7) is 2.75. The second-order valence-electron chi connectivity index (χ2n) is 5.24. The second-order valence-corrected chi connectivity index (χ2v) is 5.64. The van der Waals surface area contributed by atoms with E-state index in [1.807, 2.05) is 29.2 Å². The van der Waals surface area contributed by atoms with Gasteiger partial charge >= 0.3 is 0 Å². The summed E-state index contributed by atoms with van der Waals surface area (Å²) in [5.74, 6) is 0.113. The van der Waals surface area contributed by atoms with Gasteiger partial charge in [0.2, 0.25) is 5.91 Å². The van der Waals surface area contributed by atoms with E-state index >= 15 is 0 Å². The van der Waals surface area contributed by atoms with Gasteiger partial charge in [-0.25, -0.2) is 4.98 Å². The Kier molecular flexibility index (Phi) is 4.70. The van der Waals surface area contributed by atoms with Crippen LogP contribution in [0.2, 0.25) is 5.02 Å². The highest BCUT2D eigenvalue weighted by Crippen LogP contribution is 2.28. The number of halogens is 1. The minimum absolute atomic E-state index is 0.0225. The molecule has 0 saturated carbocycles. The summed E-state index contributed by atoms with van der Waals surface area (Å²) in [6, 6.07) is 7.68. The van der Waals surface area contributed by atoms with Crippen LogP contribution in [0.4, 0.5) is 0 Å². The third kappa shape index (κ3) is 3.28. The first-order chi connectivity index (χ1) is 10.8. The molecule has 1 aliphatic rings. The van der Waals surface area contributed by atoms with Gasteiger partial charge in [0.05, 0.1) is 12.6 Å². The number of rotatable bonds is 4. The average molecular weight is 320 g/mol. The highest BCUT2D eigenvalue weighted by Gasteiger charge is 2.28. The maximum Gasteiger partial charge on any atom is 0.225 e. The van der Waals surface area contributed by atoms with Gasteiger partial charge < -0.3 is 10.2 Å². The number of amides is 1. The molecule has 1 unspecified atom stereocenters. The number of aryl methyl sites for hydroxylation is 1. The molecular formula is C15H18ClN5O. The Hall–Kier alpha value is -1.92. The minimum atomic E-state index is -0.0225. The molecule has 1 aliphatic heterocycles. The van der Waals surface area contributed by atoms with Crippen molar-refractivity contribution in [1.29, 1.82) is 0 Å². The van der Waals surface area contributed by atoms with Gasteiger partial charge in [0.25, 0.3) is 0 Å². The minimum Gasteiger partial charge on any atom is -0.333 e. The number of hydrogen-bond donors (Lipinski definition) is 1. The molecule has 116 valence electrons. The van der Waals surface area contributed by atoms with Gasteiger partial charge in [-0.1, -0.05) is 29.8 Å². The summed E-state index contributed by atoms with van der Waals surface area (Å²) < 4.78 is 1.67. The van der Waals surface area contributed by atoms with E-state index in [1.165, 1.54) is 6.33 Å². The molecule has 0 aliphatic carbocycles. The molecule has 6 nitrogen and oxygen atoms in total. The van der Waals surface area contributed by atoms with Crippen molar-refractivity contribution < 1.29 is 4.79 Å². The molecule has 22 heavy (non-hydrogen) atoms. The molecule has 1 saturated heterocycles. The van der Waals surface area contributed by atoms with Crippen LogP contribution in [0.1, 0.15) is 18.0 Å². The molecule has 2 aromatic rings. The van der Waals surface area contributed by atoms with Crippen molar-refractivity contribution in [2.45, 2.75) is 19.0 Å². The van der Waals surface area contributed by atoms with E-state index in [1.54, 1.807) is 11.0 Å². The third-order valence-electron chi connectivity index (χ3n) is 3.85. The van der Waals surface area contributed by atoms with Crippen molar-refractivity contribution in [3.8, 4) is 0 Å². The monoisotopic (exact) mass is 319 g/mol. The number of carbonyl (C=O) groups is 1. The normalized spacial score (nSPS) is 18.4. The molecule has 1 fully saturated rings. The summed E-state index contributed by atoms with van der Waals surface area (Å²) >= 11 is 6.30. The lowest BCUT2D eigenvalue weighted by atomic mass is 10.0. The van der Waals surface area contributed by atoms with E-state index in [0.29, 0.717) is 24.5 Å². The van der Waals surface area contributed by atoms with Gasteiger partial charge in [0, 0.05) is 31.1 Å². The smallest absolute Gasteiger partial charge is 0.225 e. The van der Waals surface area contributed by atoms with Crippen molar-refractivity contribution in [1.82, 2.24) is 25.0 Å². The molecule has 1 atom stereocenters. The molecular weight excluding hydrogens is 302 g/mol. The number of aromatic nitrogens is 3. The van der Waals surface area contributed by atoms with E-state index in [0.717, 1.165) is 18.7 Å². The van der Waals surface area contributed by atoms with Gasteiger partial charge in [-0.3, -0.25) is 9.48 Å². The van der Waals surface area contributed by atoms with Crippen molar-refractivity contribution >= 4 is 17.5 Å². The Morgan fingerprint density at radius 1 is 1.41 bits per heavy atom. The van der Waals surface area contributed by atoms with E-state index in [9.17, 15) is 4.79 Å². The van der Waals surface area contributed by atoms with Crippen molar-refractivity contribution in [2.24, 2.45) is 0 Å². The van der Waals surface area contributed by atoms with Crippen LogP contribution in [0.25, 0.3) is 0 Å². The molecule has 1 N–H and O–H groups in total. The van der Waals surface area contributed by atoms with Crippen LogP contribution < -0.4 is 5.32 Å². The lowest BCUT2D eigenvalue weighted by molar-refractivity contribution is -0.134. The Morgan fingerprint density at radius 3 is 3.05 bits per heavy atom. The topological polar surface area (TPSA) is 63.1 Å². The van der Waals surface area contributed by atoms with Crippen LogP contribution in [0, 0.1) is 0 Å².